The average molecular weight is 322 g/mol. The maximum atomic E-state index is 12.3. The van der Waals surface area contributed by atoms with Crippen molar-refractivity contribution in [2.24, 2.45) is 0 Å². The Bertz CT molecular complexity index is 642. The van der Waals surface area contributed by atoms with Crippen LogP contribution in [0, 0.1) is 0 Å². The lowest BCUT2D eigenvalue weighted by Crippen LogP contribution is -2.30. The zero-order valence-corrected chi connectivity index (χ0v) is 13.8. The lowest BCUT2D eigenvalue weighted by atomic mass is 10.2. The van der Waals surface area contributed by atoms with Crippen LogP contribution in [-0.4, -0.2) is 37.8 Å². The highest BCUT2D eigenvalue weighted by Crippen LogP contribution is 2.19. The Kier molecular flexibility index (Phi) is 5.37. The monoisotopic (exact) mass is 322 g/mol. The minimum Gasteiger partial charge on any atom is -0.350 e. The molecule has 0 bridgehead atoms. The molecule has 1 aromatic carbocycles. The first-order valence-corrected chi connectivity index (χ1v) is 9.00. The van der Waals surface area contributed by atoms with Crippen molar-refractivity contribution in [1.29, 1.82) is 0 Å². The summed E-state index contributed by atoms with van der Waals surface area (Å²) in [4.78, 5) is 11.8. The van der Waals surface area contributed by atoms with Crippen molar-refractivity contribution in [3.05, 3.63) is 35.9 Å². The van der Waals surface area contributed by atoms with Crippen LogP contribution in [-0.2, 0) is 14.8 Å². The molecule has 2 rings (SSSR count). The molecular weight excluding hydrogens is 300 g/mol. The fourth-order valence-corrected chi connectivity index (χ4v) is 3.57. The molecule has 22 heavy (non-hydrogen) atoms. The molecule has 0 radical (unpaired) electrons. The summed E-state index contributed by atoms with van der Waals surface area (Å²) in [5.41, 5.74) is 0.796. The van der Waals surface area contributed by atoms with Gasteiger partial charge in [0.15, 0.2) is 0 Å². The summed E-state index contributed by atoms with van der Waals surface area (Å²) in [5.74, 6) is -0.109. The van der Waals surface area contributed by atoms with Crippen molar-refractivity contribution >= 4 is 22.0 Å². The number of sulfonamides is 1. The number of rotatable bonds is 7. The van der Waals surface area contributed by atoms with E-state index in [1.165, 1.54) is 10.4 Å². The summed E-state index contributed by atoms with van der Waals surface area (Å²) in [5, 5.41) is 2.86. The summed E-state index contributed by atoms with van der Waals surface area (Å²) >= 11 is 0. The number of carbonyl (C=O) groups excluding carboxylic acids is 1. The third-order valence-electron chi connectivity index (χ3n) is 3.57. The van der Waals surface area contributed by atoms with Gasteiger partial charge in [0.05, 0.1) is 4.90 Å². The second kappa shape index (κ2) is 7.07. The van der Waals surface area contributed by atoms with Crippen molar-refractivity contribution in [2.45, 2.75) is 37.6 Å². The Labute approximate surface area is 132 Å². The Morgan fingerprint density at radius 2 is 1.82 bits per heavy atom. The smallest absolute Gasteiger partial charge is 0.244 e. The lowest BCUT2D eigenvalue weighted by Gasteiger charge is -2.18. The van der Waals surface area contributed by atoms with Crippen LogP contribution in [0.1, 0.15) is 32.3 Å². The molecular formula is C16H22N2O3S. The molecule has 0 aliphatic heterocycles. The van der Waals surface area contributed by atoms with Gasteiger partial charge >= 0.3 is 0 Å². The van der Waals surface area contributed by atoms with Gasteiger partial charge in [-0.2, -0.15) is 4.31 Å². The number of nitrogens with one attached hydrogen (secondary N) is 1. The van der Waals surface area contributed by atoms with Crippen molar-refractivity contribution in [3.63, 3.8) is 0 Å². The van der Waals surface area contributed by atoms with Gasteiger partial charge in [0.1, 0.15) is 0 Å². The predicted octanol–water partition coefficient (Wildman–Crippen LogP) is 2.01. The topological polar surface area (TPSA) is 66.5 Å². The first-order chi connectivity index (χ1) is 10.5. The highest BCUT2D eigenvalue weighted by molar-refractivity contribution is 7.89. The molecule has 1 saturated carbocycles. The quantitative estimate of drug-likeness (QED) is 0.781. The highest BCUT2D eigenvalue weighted by atomic mass is 32.2. The van der Waals surface area contributed by atoms with Gasteiger partial charge in [0, 0.05) is 25.2 Å². The van der Waals surface area contributed by atoms with Crippen LogP contribution in [0.2, 0.25) is 0 Å². The van der Waals surface area contributed by atoms with Gasteiger partial charge in [-0.15, -0.1) is 0 Å². The molecule has 1 amide bonds. The third-order valence-corrected chi connectivity index (χ3v) is 5.64. The van der Waals surface area contributed by atoms with Crippen LogP contribution in [0.4, 0.5) is 0 Å². The minimum absolute atomic E-state index is 0.109. The van der Waals surface area contributed by atoms with Crippen LogP contribution in [0.5, 0.6) is 0 Å². The Morgan fingerprint density at radius 3 is 2.32 bits per heavy atom. The average Bonchev–Trinajstić information content (AvgIpc) is 3.30. The number of hydrogen-bond acceptors (Lipinski definition) is 3. The first kappa shape index (κ1) is 16.7. The van der Waals surface area contributed by atoms with Gasteiger partial charge in [-0.05, 0) is 36.6 Å². The summed E-state index contributed by atoms with van der Waals surface area (Å²) in [6.45, 7) is 4.52. The molecule has 6 heteroatoms. The van der Waals surface area contributed by atoms with E-state index in [2.05, 4.69) is 5.32 Å². The molecule has 0 spiro atoms. The zero-order valence-electron chi connectivity index (χ0n) is 13.0. The largest absolute Gasteiger partial charge is 0.350 e. The standard InChI is InChI=1S/C16H22N2O3S/c1-3-18(4-2)22(20,21)15-10-5-13(6-11-15)7-12-16(19)17-14-8-9-14/h5-7,10-12,14H,3-4,8-9H2,1-2H3,(H,17,19)/b12-7+. The Balaban J connectivity index is 2.06. The van der Waals surface area contributed by atoms with Gasteiger partial charge < -0.3 is 5.32 Å². The van der Waals surface area contributed by atoms with E-state index in [-0.39, 0.29) is 10.8 Å². The van der Waals surface area contributed by atoms with Crippen molar-refractivity contribution < 1.29 is 13.2 Å². The lowest BCUT2D eigenvalue weighted by molar-refractivity contribution is -0.116. The van der Waals surface area contributed by atoms with E-state index in [0.29, 0.717) is 19.1 Å². The first-order valence-electron chi connectivity index (χ1n) is 7.56. The van der Waals surface area contributed by atoms with Crippen LogP contribution in [0.3, 0.4) is 0 Å². The molecule has 0 saturated heterocycles. The highest BCUT2D eigenvalue weighted by Gasteiger charge is 2.22. The van der Waals surface area contributed by atoms with E-state index in [1.54, 1.807) is 30.3 Å². The summed E-state index contributed by atoms with van der Waals surface area (Å²) < 4.78 is 26.1. The number of carbonyl (C=O) groups is 1. The van der Waals surface area contributed by atoms with Gasteiger partial charge in [-0.3, -0.25) is 4.79 Å². The minimum atomic E-state index is -3.43. The maximum absolute atomic E-state index is 12.3. The normalized spacial score (nSPS) is 15.4. The van der Waals surface area contributed by atoms with Crippen LogP contribution < -0.4 is 5.32 Å². The van der Waals surface area contributed by atoms with Crippen molar-refractivity contribution in [3.8, 4) is 0 Å². The van der Waals surface area contributed by atoms with E-state index in [0.717, 1.165) is 18.4 Å². The number of amides is 1. The molecule has 1 N–H and O–H groups in total. The van der Waals surface area contributed by atoms with E-state index in [9.17, 15) is 13.2 Å². The van der Waals surface area contributed by atoms with E-state index >= 15 is 0 Å². The van der Waals surface area contributed by atoms with Crippen molar-refractivity contribution in [2.75, 3.05) is 13.1 Å². The Morgan fingerprint density at radius 1 is 1.23 bits per heavy atom. The van der Waals surface area contributed by atoms with Crippen LogP contribution in [0.15, 0.2) is 35.2 Å². The molecule has 1 aliphatic carbocycles. The molecule has 0 atom stereocenters. The van der Waals surface area contributed by atoms with E-state index in [4.69, 9.17) is 0 Å². The molecule has 120 valence electrons. The maximum Gasteiger partial charge on any atom is 0.244 e. The van der Waals surface area contributed by atoms with Gasteiger partial charge in [-0.1, -0.05) is 26.0 Å². The van der Waals surface area contributed by atoms with Crippen LogP contribution >= 0.6 is 0 Å². The summed E-state index contributed by atoms with van der Waals surface area (Å²) in [7, 11) is -3.43. The van der Waals surface area contributed by atoms with Crippen molar-refractivity contribution in [1.82, 2.24) is 9.62 Å². The molecule has 0 heterocycles. The van der Waals surface area contributed by atoms with Gasteiger partial charge in [0.25, 0.3) is 0 Å². The number of nitrogens with zero attached hydrogens (tertiary/aromatic N) is 1. The fourth-order valence-electron chi connectivity index (χ4n) is 2.11. The number of hydrogen-bond donors (Lipinski definition) is 1. The Hall–Kier alpha value is -1.66. The molecule has 0 unspecified atom stereocenters. The SMILES string of the molecule is CCN(CC)S(=O)(=O)c1ccc(/C=C/C(=O)NC2CC2)cc1. The predicted molar refractivity (Wildman–Crippen MR) is 86.7 cm³/mol. The number of benzene rings is 1. The van der Waals surface area contributed by atoms with E-state index < -0.39 is 10.0 Å². The molecule has 1 aliphatic rings. The third kappa shape index (κ3) is 4.18. The van der Waals surface area contributed by atoms with Gasteiger partial charge in [0.2, 0.25) is 15.9 Å². The fraction of sp³-hybridized carbons (Fsp3) is 0.438. The molecule has 1 aromatic rings. The van der Waals surface area contributed by atoms with Gasteiger partial charge in [-0.25, -0.2) is 8.42 Å². The van der Waals surface area contributed by atoms with Crippen LogP contribution in [0.25, 0.3) is 6.08 Å². The summed E-state index contributed by atoms with van der Waals surface area (Å²) in [6.07, 6.45) is 5.27. The van der Waals surface area contributed by atoms with E-state index in [1.807, 2.05) is 13.8 Å². The molecule has 5 nitrogen and oxygen atoms in total. The zero-order chi connectivity index (χ0) is 16.2. The molecule has 1 fully saturated rings. The summed E-state index contributed by atoms with van der Waals surface area (Å²) in [6, 6.07) is 6.89. The second-order valence-electron chi connectivity index (χ2n) is 5.27. The molecule has 0 aromatic heterocycles. The second-order valence-corrected chi connectivity index (χ2v) is 7.21.